The molecule has 0 radical (unpaired) electrons. The van der Waals surface area contributed by atoms with Gasteiger partial charge in [-0.3, -0.25) is 4.40 Å². The van der Waals surface area contributed by atoms with Gasteiger partial charge in [-0.1, -0.05) is 13.0 Å². The predicted octanol–water partition coefficient (Wildman–Crippen LogP) is 3.17. The van der Waals surface area contributed by atoms with Gasteiger partial charge in [0.1, 0.15) is 17.6 Å². The van der Waals surface area contributed by atoms with Crippen LogP contribution in [0.15, 0.2) is 42.7 Å². The molecule has 2 fully saturated rings. The molecule has 4 heterocycles. The molecular formula is C20H22FN5. The zero-order chi connectivity index (χ0) is 17.7. The van der Waals surface area contributed by atoms with Gasteiger partial charge in [0.2, 0.25) is 0 Å². The Morgan fingerprint density at radius 3 is 2.92 bits per heavy atom. The number of rotatable bonds is 4. The van der Waals surface area contributed by atoms with Crippen molar-refractivity contribution >= 4 is 11.5 Å². The molecule has 1 aliphatic heterocycles. The zero-order valence-electron chi connectivity index (χ0n) is 14.7. The predicted molar refractivity (Wildman–Crippen MR) is 100 cm³/mol. The minimum atomic E-state index is -0.890. The molecule has 2 N–H and O–H groups in total. The fraction of sp³-hybridized carbons (Fsp3) is 0.400. The first-order valence-electron chi connectivity index (χ1n) is 9.19. The summed E-state index contributed by atoms with van der Waals surface area (Å²) in [5.74, 6) is 0.691. The maximum atomic E-state index is 13.8. The number of aromatic nitrogens is 3. The molecule has 0 spiro atoms. The van der Waals surface area contributed by atoms with E-state index < -0.39 is 6.17 Å². The van der Waals surface area contributed by atoms with Crippen LogP contribution in [-0.2, 0) is 5.41 Å². The maximum absolute atomic E-state index is 13.8. The van der Waals surface area contributed by atoms with E-state index in [1.807, 2.05) is 24.4 Å². The highest BCUT2D eigenvalue weighted by Crippen LogP contribution is 2.47. The van der Waals surface area contributed by atoms with E-state index in [9.17, 15) is 4.39 Å². The topological polar surface area (TPSA) is 54.2 Å². The van der Waals surface area contributed by atoms with Gasteiger partial charge in [0.05, 0.1) is 23.6 Å². The lowest BCUT2D eigenvalue weighted by Gasteiger charge is -2.15. The molecule has 1 saturated heterocycles. The largest absolute Gasteiger partial charge is 0.363 e. The molecule has 2 unspecified atom stereocenters. The summed E-state index contributed by atoms with van der Waals surface area (Å²) < 4.78 is 15.9. The van der Waals surface area contributed by atoms with Gasteiger partial charge in [0.15, 0.2) is 0 Å². The normalized spacial score (nSPS) is 24.1. The number of alkyl halides is 1. The number of nitrogens with zero attached hydrogens (tertiary/aromatic N) is 3. The van der Waals surface area contributed by atoms with Crippen molar-refractivity contribution in [1.82, 2.24) is 19.7 Å². The van der Waals surface area contributed by atoms with Crippen molar-refractivity contribution in [2.24, 2.45) is 0 Å². The van der Waals surface area contributed by atoms with Gasteiger partial charge in [0.25, 0.3) is 0 Å². The molecular weight excluding hydrogens is 329 g/mol. The SMILES string of the molecule is CC1(c2ccn3c(-c4cccc(NC5CNCC5F)n4)cnc3c2)CC1. The molecule has 0 amide bonds. The standard InChI is InChI=1S/C20H22FN5/c1-20(6-7-20)13-5-8-26-17(12-23-19(26)9-13)15-3-2-4-18(24-15)25-16-11-22-10-14(16)21/h2-5,8-9,12,14,16,22H,6-7,10-11H2,1H3,(H,24,25). The van der Waals surface area contributed by atoms with Crippen molar-refractivity contribution in [3.63, 3.8) is 0 Å². The molecule has 5 rings (SSSR count). The summed E-state index contributed by atoms with van der Waals surface area (Å²) in [6.45, 7) is 3.31. The van der Waals surface area contributed by atoms with Crippen LogP contribution in [0.1, 0.15) is 25.3 Å². The van der Waals surface area contributed by atoms with Crippen molar-refractivity contribution in [2.45, 2.75) is 37.4 Å². The van der Waals surface area contributed by atoms with Crippen LogP contribution in [0.2, 0.25) is 0 Å². The van der Waals surface area contributed by atoms with Crippen LogP contribution in [0.5, 0.6) is 0 Å². The smallest absolute Gasteiger partial charge is 0.137 e. The molecule has 5 nitrogen and oxygen atoms in total. The fourth-order valence-electron chi connectivity index (χ4n) is 3.66. The lowest BCUT2D eigenvalue weighted by molar-refractivity contribution is 0.342. The number of imidazole rings is 1. The highest BCUT2D eigenvalue weighted by Gasteiger charge is 2.39. The van der Waals surface area contributed by atoms with Gasteiger partial charge >= 0.3 is 0 Å². The van der Waals surface area contributed by atoms with Crippen molar-refractivity contribution in [3.8, 4) is 11.4 Å². The Balaban J connectivity index is 1.47. The van der Waals surface area contributed by atoms with E-state index in [-0.39, 0.29) is 6.04 Å². The first-order valence-corrected chi connectivity index (χ1v) is 9.19. The van der Waals surface area contributed by atoms with Gasteiger partial charge in [-0.05, 0) is 48.1 Å². The molecule has 2 atom stereocenters. The summed E-state index contributed by atoms with van der Waals surface area (Å²) in [4.78, 5) is 9.25. The van der Waals surface area contributed by atoms with E-state index in [1.54, 1.807) is 0 Å². The Kier molecular flexibility index (Phi) is 3.50. The Labute approximate surface area is 151 Å². The fourth-order valence-corrected chi connectivity index (χ4v) is 3.66. The lowest BCUT2D eigenvalue weighted by atomic mass is 10.00. The Hall–Kier alpha value is -2.47. The Morgan fingerprint density at radius 2 is 2.15 bits per heavy atom. The molecule has 3 aromatic heterocycles. The van der Waals surface area contributed by atoms with Gasteiger partial charge in [-0.15, -0.1) is 0 Å². The van der Waals surface area contributed by atoms with Crippen molar-refractivity contribution in [2.75, 3.05) is 18.4 Å². The highest BCUT2D eigenvalue weighted by molar-refractivity contribution is 5.63. The van der Waals surface area contributed by atoms with E-state index in [1.165, 1.54) is 18.4 Å². The van der Waals surface area contributed by atoms with Crippen molar-refractivity contribution in [1.29, 1.82) is 0 Å². The van der Waals surface area contributed by atoms with Crippen LogP contribution in [0.4, 0.5) is 10.2 Å². The summed E-state index contributed by atoms with van der Waals surface area (Å²) in [5, 5.41) is 6.25. The number of fused-ring (bicyclic) bond motifs is 1. The third kappa shape index (κ3) is 2.65. The van der Waals surface area contributed by atoms with Crippen LogP contribution >= 0.6 is 0 Å². The van der Waals surface area contributed by atoms with Crippen molar-refractivity contribution in [3.05, 3.63) is 48.3 Å². The molecule has 1 saturated carbocycles. The molecule has 3 aromatic rings. The minimum absolute atomic E-state index is 0.234. The molecule has 1 aliphatic carbocycles. The minimum Gasteiger partial charge on any atom is -0.363 e. The summed E-state index contributed by atoms with van der Waals surface area (Å²) in [5.41, 5.74) is 4.39. The molecule has 0 aromatic carbocycles. The van der Waals surface area contributed by atoms with E-state index in [4.69, 9.17) is 0 Å². The number of pyridine rings is 2. The van der Waals surface area contributed by atoms with E-state index in [0.29, 0.717) is 24.3 Å². The average molecular weight is 351 g/mol. The van der Waals surface area contributed by atoms with Crippen LogP contribution in [-0.4, -0.2) is 39.7 Å². The van der Waals surface area contributed by atoms with Gasteiger partial charge in [0, 0.05) is 19.3 Å². The van der Waals surface area contributed by atoms with Gasteiger partial charge in [-0.25, -0.2) is 14.4 Å². The lowest BCUT2D eigenvalue weighted by Crippen LogP contribution is -2.29. The van der Waals surface area contributed by atoms with E-state index in [2.05, 4.69) is 50.3 Å². The zero-order valence-corrected chi connectivity index (χ0v) is 14.7. The summed E-state index contributed by atoms with van der Waals surface area (Å²) in [7, 11) is 0. The number of nitrogens with one attached hydrogen (secondary N) is 2. The second-order valence-electron chi connectivity index (χ2n) is 7.68. The monoisotopic (exact) mass is 351 g/mol. The molecule has 6 heteroatoms. The van der Waals surface area contributed by atoms with E-state index in [0.717, 1.165) is 17.0 Å². The molecule has 26 heavy (non-hydrogen) atoms. The first kappa shape index (κ1) is 15.8. The van der Waals surface area contributed by atoms with Crippen LogP contribution in [0.3, 0.4) is 0 Å². The van der Waals surface area contributed by atoms with Crippen LogP contribution in [0, 0.1) is 0 Å². The summed E-state index contributed by atoms with van der Waals surface area (Å²) in [6, 6.07) is 9.91. The molecule has 0 bridgehead atoms. The average Bonchev–Trinajstić information content (AvgIpc) is 3.08. The van der Waals surface area contributed by atoms with Crippen LogP contribution in [0.25, 0.3) is 17.0 Å². The Bertz CT molecular complexity index is 962. The summed E-state index contributed by atoms with van der Waals surface area (Å²) >= 11 is 0. The quantitative estimate of drug-likeness (QED) is 0.758. The van der Waals surface area contributed by atoms with Gasteiger partial charge in [-0.2, -0.15) is 0 Å². The highest BCUT2D eigenvalue weighted by atomic mass is 19.1. The number of anilines is 1. The second-order valence-corrected chi connectivity index (χ2v) is 7.68. The summed E-state index contributed by atoms with van der Waals surface area (Å²) in [6.07, 6.45) is 5.54. The molecule has 134 valence electrons. The van der Waals surface area contributed by atoms with Gasteiger partial charge < -0.3 is 10.6 Å². The van der Waals surface area contributed by atoms with Crippen molar-refractivity contribution < 1.29 is 4.39 Å². The second kappa shape index (κ2) is 5.77. The third-order valence-corrected chi connectivity index (χ3v) is 5.70. The first-order chi connectivity index (χ1) is 12.6. The third-order valence-electron chi connectivity index (χ3n) is 5.70. The van der Waals surface area contributed by atoms with E-state index >= 15 is 0 Å². The maximum Gasteiger partial charge on any atom is 0.137 e. The Morgan fingerprint density at radius 1 is 1.27 bits per heavy atom. The number of hydrogen-bond donors (Lipinski definition) is 2. The van der Waals surface area contributed by atoms with Crippen LogP contribution < -0.4 is 10.6 Å². The number of halogens is 1. The molecule has 2 aliphatic rings. The number of hydrogen-bond acceptors (Lipinski definition) is 4.